The number of carbonyl (C=O) groups is 1. The van der Waals surface area contributed by atoms with Gasteiger partial charge in [-0.1, -0.05) is 0 Å². The van der Waals surface area contributed by atoms with Crippen molar-refractivity contribution in [3.8, 4) is 0 Å². The summed E-state index contributed by atoms with van der Waals surface area (Å²) in [6.45, 7) is 8.77. The molecule has 8 heteroatoms. The third kappa shape index (κ3) is 4.25. The van der Waals surface area contributed by atoms with E-state index < -0.39 is 0 Å². The first-order chi connectivity index (χ1) is 12.0. The van der Waals surface area contributed by atoms with Gasteiger partial charge in [-0.15, -0.1) is 0 Å². The molecule has 8 nitrogen and oxygen atoms in total. The Morgan fingerprint density at radius 3 is 2.92 bits per heavy atom. The number of aromatic nitrogens is 5. The lowest BCUT2D eigenvalue weighted by Gasteiger charge is -2.36. The fraction of sp³-hybridized carbons (Fsp3) is 0.647. The van der Waals surface area contributed by atoms with E-state index in [1.807, 2.05) is 36.2 Å². The highest BCUT2D eigenvalue weighted by Gasteiger charge is 2.28. The van der Waals surface area contributed by atoms with Gasteiger partial charge in [0.15, 0.2) is 0 Å². The van der Waals surface area contributed by atoms with Crippen molar-refractivity contribution >= 4 is 11.7 Å². The van der Waals surface area contributed by atoms with Gasteiger partial charge >= 0.3 is 0 Å². The van der Waals surface area contributed by atoms with Crippen LogP contribution in [0.4, 0.5) is 5.82 Å². The molecule has 1 N–H and O–H groups in total. The minimum Gasteiger partial charge on any atom is -0.310 e. The van der Waals surface area contributed by atoms with Crippen molar-refractivity contribution in [2.24, 2.45) is 5.92 Å². The van der Waals surface area contributed by atoms with E-state index in [1.54, 1.807) is 18.9 Å². The van der Waals surface area contributed by atoms with Crippen LogP contribution in [0.15, 0.2) is 24.9 Å². The normalized spacial score (nSPS) is 19.9. The average molecular weight is 345 g/mol. The molecule has 1 amide bonds. The number of nitrogens with one attached hydrogen (secondary N) is 1. The zero-order valence-corrected chi connectivity index (χ0v) is 15.2. The molecule has 0 radical (unpaired) electrons. The summed E-state index contributed by atoms with van der Waals surface area (Å²) in [6, 6.07) is 1.88. The lowest BCUT2D eigenvalue weighted by atomic mass is 9.96. The molecule has 0 saturated carbocycles. The monoisotopic (exact) mass is 345 g/mol. The minimum atomic E-state index is -0.172. The highest BCUT2D eigenvalue weighted by molar-refractivity contribution is 5.93. The van der Waals surface area contributed by atoms with E-state index in [4.69, 9.17) is 0 Å². The topological polar surface area (TPSA) is 80.9 Å². The summed E-state index contributed by atoms with van der Waals surface area (Å²) in [5, 5.41) is 11.5. The zero-order valence-electron chi connectivity index (χ0n) is 15.2. The largest absolute Gasteiger partial charge is 0.310 e. The Morgan fingerprint density at radius 1 is 1.36 bits per heavy atom. The highest BCUT2D eigenvalue weighted by atomic mass is 16.2. The first kappa shape index (κ1) is 17.6. The molecule has 25 heavy (non-hydrogen) atoms. The lowest BCUT2D eigenvalue weighted by molar-refractivity contribution is -0.121. The summed E-state index contributed by atoms with van der Waals surface area (Å²) < 4.78 is 3.70. The Morgan fingerprint density at radius 2 is 2.20 bits per heavy atom. The van der Waals surface area contributed by atoms with E-state index in [0.717, 1.165) is 38.3 Å². The second-order valence-electron chi connectivity index (χ2n) is 7.04. The molecule has 2 aromatic rings. The smallest absolute Gasteiger partial charge is 0.242 e. The van der Waals surface area contributed by atoms with Gasteiger partial charge in [-0.3, -0.25) is 14.4 Å². The number of hydrogen-bond donors (Lipinski definition) is 1. The van der Waals surface area contributed by atoms with Crippen LogP contribution >= 0.6 is 0 Å². The molecule has 1 saturated heterocycles. The molecule has 0 spiro atoms. The van der Waals surface area contributed by atoms with Crippen LogP contribution in [0.3, 0.4) is 0 Å². The average Bonchev–Trinajstić information content (AvgIpc) is 3.26. The number of amides is 1. The summed E-state index contributed by atoms with van der Waals surface area (Å²) in [4.78, 5) is 18.9. The molecule has 1 aliphatic rings. The summed E-state index contributed by atoms with van der Waals surface area (Å²) in [6.07, 6.45) is 7.29. The number of anilines is 1. The number of nitrogens with zero attached hydrogens (tertiary/aromatic N) is 6. The molecular weight excluding hydrogens is 318 g/mol. The maximum Gasteiger partial charge on any atom is 0.242 e. The van der Waals surface area contributed by atoms with Gasteiger partial charge in [0.1, 0.15) is 18.5 Å². The van der Waals surface area contributed by atoms with Gasteiger partial charge in [0.2, 0.25) is 5.91 Å². The molecule has 1 aliphatic heterocycles. The zero-order chi connectivity index (χ0) is 17.8. The number of hydrogen-bond acceptors (Lipinski definition) is 5. The molecule has 2 atom stereocenters. The number of carbonyl (C=O) groups excluding carboxylic acids is 1. The maximum atomic E-state index is 12.7. The SMILES string of the molecule is CC(C)n1nccc1NC(=O)[C@@H](C)N1CCC[C@@H](Cn2cncn2)C1. The van der Waals surface area contributed by atoms with Gasteiger partial charge in [0.25, 0.3) is 0 Å². The summed E-state index contributed by atoms with van der Waals surface area (Å²) >= 11 is 0. The molecule has 0 aliphatic carbocycles. The van der Waals surface area contributed by atoms with Crippen LogP contribution in [-0.4, -0.2) is 54.5 Å². The Bertz CT molecular complexity index is 679. The molecule has 0 aromatic carbocycles. The van der Waals surface area contributed by atoms with Crippen LogP contribution in [-0.2, 0) is 11.3 Å². The predicted molar refractivity (Wildman–Crippen MR) is 95.0 cm³/mol. The first-order valence-corrected chi connectivity index (χ1v) is 8.95. The fourth-order valence-corrected chi connectivity index (χ4v) is 3.41. The van der Waals surface area contributed by atoms with E-state index in [-0.39, 0.29) is 18.0 Å². The van der Waals surface area contributed by atoms with Crippen molar-refractivity contribution in [3.63, 3.8) is 0 Å². The van der Waals surface area contributed by atoms with Gasteiger partial charge in [0.05, 0.1) is 12.2 Å². The van der Waals surface area contributed by atoms with E-state index in [2.05, 4.69) is 25.4 Å². The minimum absolute atomic E-state index is 0.0174. The molecular formula is C17H27N7O. The van der Waals surface area contributed by atoms with Crippen LogP contribution in [0, 0.1) is 5.92 Å². The third-order valence-electron chi connectivity index (χ3n) is 4.80. The Labute approximate surface area is 148 Å². The summed E-state index contributed by atoms with van der Waals surface area (Å²) in [5.41, 5.74) is 0. The molecule has 2 aromatic heterocycles. The number of rotatable bonds is 6. The molecule has 1 fully saturated rings. The quantitative estimate of drug-likeness (QED) is 0.863. The first-order valence-electron chi connectivity index (χ1n) is 8.95. The summed E-state index contributed by atoms with van der Waals surface area (Å²) in [5.74, 6) is 1.26. The van der Waals surface area contributed by atoms with Crippen LogP contribution < -0.4 is 5.32 Å². The molecule has 0 bridgehead atoms. The van der Waals surface area contributed by atoms with Gasteiger partial charge < -0.3 is 5.32 Å². The van der Waals surface area contributed by atoms with Crippen LogP contribution in [0.25, 0.3) is 0 Å². The number of piperidine rings is 1. The second kappa shape index (κ2) is 7.77. The Hall–Kier alpha value is -2.22. The van der Waals surface area contributed by atoms with Crippen molar-refractivity contribution < 1.29 is 4.79 Å². The molecule has 136 valence electrons. The summed E-state index contributed by atoms with van der Waals surface area (Å²) in [7, 11) is 0. The van der Waals surface area contributed by atoms with E-state index in [0.29, 0.717) is 5.92 Å². The van der Waals surface area contributed by atoms with Crippen molar-refractivity contribution in [2.75, 3.05) is 18.4 Å². The van der Waals surface area contributed by atoms with E-state index in [1.165, 1.54) is 0 Å². The second-order valence-corrected chi connectivity index (χ2v) is 7.04. The van der Waals surface area contributed by atoms with Gasteiger partial charge in [-0.25, -0.2) is 9.67 Å². The Kier molecular flexibility index (Phi) is 5.47. The third-order valence-corrected chi connectivity index (χ3v) is 4.80. The van der Waals surface area contributed by atoms with Crippen LogP contribution in [0.2, 0.25) is 0 Å². The number of likely N-dealkylation sites (tertiary alicyclic amines) is 1. The van der Waals surface area contributed by atoms with Crippen molar-refractivity contribution in [2.45, 2.75) is 52.2 Å². The maximum absolute atomic E-state index is 12.7. The van der Waals surface area contributed by atoms with E-state index in [9.17, 15) is 4.79 Å². The van der Waals surface area contributed by atoms with Gasteiger partial charge in [0, 0.05) is 25.2 Å². The van der Waals surface area contributed by atoms with Crippen molar-refractivity contribution in [3.05, 3.63) is 24.9 Å². The van der Waals surface area contributed by atoms with E-state index >= 15 is 0 Å². The lowest BCUT2D eigenvalue weighted by Crippen LogP contribution is -2.47. The van der Waals surface area contributed by atoms with Gasteiger partial charge in [-0.05, 0) is 46.1 Å². The standard InChI is InChI=1S/C17H27N7O/c1-13(2)24-16(6-7-19-24)21-17(25)14(3)22-8-4-5-15(9-22)10-23-12-18-11-20-23/h6-7,11-15H,4-5,8-10H2,1-3H3,(H,21,25)/t14-,15-/m1/s1. The van der Waals surface area contributed by atoms with Crippen LogP contribution in [0.1, 0.15) is 39.7 Å². The molecule has 0 unspecified atom stereocenters. The highest BCUT2D eigenvalue weighted by Crippen LogP contribution is 2.21. The fourth-order valence-electron chi connectivity index (χ4n) is 3.41. The predicted octanol–water partition coefficient (Wildman–Crippen LogP) is 1.79. The van der Waals surface area contributed by atoms with Crippen molar-refractivity contribution in [1.29, 1.82) is 0 Å². The van der Waals surface area contributed by atoms with Gasteiger partial charge in [-0.2, -0.15) is 10.2 Å². The Balaban J connectivity index is 1.58. The van der Waals surface area contributed by atoms with Crippen LogP contribution in [0.5, 0.6) is 0 Å². The molecule has 3 heterocycles. The molecule has 3 rings (SSSR count). The van der Waals surface area contributed by atoms with Crippen molar-refractivity contribution in [1.82, 2.24) is 29.4 Å².